The fraction of sp³-hybridized carbons (Fsp3) is 0.654. The van der Waals surface area contributed by atoms with E-state index in [-0.39, 0.29) is 18.9 Å². The number of nitrogens with one attached hydrogen (secondary N) is 2. The van der Waals surface area contributed by atoms with Crippen molar-refractivity contribution in [2.24, 2.45) is 11.8 Å². The van der Waals surface area contributed by atoms with Crippen molar-refractivity contribution >= 4 is 17.8 Å². The standard InChI is InChI=1S/C26H39FN2O5/c1-4-34-26(33)24(31)21(15-18-9-6-5-7-10-18)29-25(32)22(13-17(2)3)28-23(30)16-19-11-8-12-20(27)14-19/h8,11-12,14,17-18,21-22,24,31H,4-7,9-10,13,15-16H2,1-3H3,(H,28,30)(H,29,32)/t21-,22-,24+/m0/s1. The molecule has 0 aromatic heterocycles. The van der Waals surface area contributed by atoms with Gasteiger partial charge in [0.05, 0.1) is 19.1 Å². The Balaban J connectivity index is 2.10. The third-order valence-corrected chi connectivity index (χ3v) is 6.16. The summed E-state index contributed by atoms with van der Waals surface area (Å²) in [5, 5.41) is 16.2. The van der Waals surface area contributed by atoms with Gasteiger partial charge in [0.2, 0.25) is 11.8 Å². The molecule has 34 heavy (non-hydrogen) atoms. The summed E-state index contributed by atoms with van der Waals surface area (Å²) in [6, 6.07) is 4.12. The molecule has 7 nitrogen and oxygen atoms in total. The highest BCUT2D eigenvalue weighted by Gasteiger charge is 2.33. The van der Waals surface area contributed by atoms with E-state index in [1.165, 1.54) is 24.6 Å². The summed E-state index contributed by atoms with van der Waals surface area (Å²) < 4.78 is 18.4. The van der Waals surface area contributed by atoms with Gasteiger partial charge in [-0.1, -0.05) is 58.1 Å². The van der Waals surface area contributed by atoms with Crippen molar-refractivity contribution < 1.29 is 28.6 Å². The summed E-state index contributed by atoms with van der Waals surface area (Å²) >= 11 is 0. The molecule has 0 aliphatic heterocycles. The number of ether oxygens (including phenoxy) is 1. The largest absolute Gasteiger partial charge is 0.464 e. The highest BCUT2D eigenvalue weighted by molar-refractivity contribution is 5.89. The van der Waals surface area contributed by atoms with Gasteiger partial charge in [-0.15, -0.1) is 0 Å². The highest BCUT2D eigenvalue weighted by atomic mass is 19.1. The number of aliphatic hydroxyl groups excluding tert-OH is 1. The SMILES string of the molecule is CCOC(=O)[C@H](O)[C@H](CC1CCCCC1)NC(=O)[C@H](CC(C)C)NC(=O)Cc1cccc(F)c1. The number of halogens is 1. The highest BCUT2D eigenvalue weighted by Crippen LogP contribution is 2.28. The predicted molar refractivity (Wildman–Crippen MR) is 127 cm³/mol. The molecule has 190 valence electrons. The zero-order valence-electron chi connectivity index (χ0n) is 20.5. The number of amides is 2. The van der Waals surface area contributed by atoms with E-state index >= 15 is 0 Å². The second kappa shape index (κ2) is 14.0. The van der Waals surface area contributed by atoms with Gasteiger partial charge < -0.3 is 20.5 Å². The maximum absolute atomic E-state index is 13.5. The van der Waals surface area contributed by atoms with Crippen LogP contribution in [0.15, 0.2) is 24.3 Å². The average molecular weight is 479 g/mol. The summed E-state index contributed by atoms with van der Waals surface area (Å²) in [5.74, 6) is -1.64. The van der Waals surface area contributed by atoms with E-state index in [4.69, 9.17) is 4.74 Å². The molecule has 1 fully saturated rings. The minimum Gasteiger partial charge on any atom is -0.464 e. The summed E-state index contributed by atoms with van der Waals surface area (Å²) in [7, 11) is 0. The number of hydrogen-bond acceptors (Lipinski definition) is 5. The average Bonchev–Trinajstić information content (AvgIpc) is 2.78. The van der Waals surface area contributed by atoms with Crippen LogP contribution in [-0.4, -0.2) is 47.7 Å². The summed E-state index contributed by atoms with van der Waals surface area (Å²) in [5.41, 5.74) is 0.508. The first-order valence-corrected chi connectivity index (χ1v) is 12.4. The Kier molecular flexibility index (Phi) is 11.5. The van der Waals surface area contributed by atoms with E-state index in [9.17, 15) is 23.9 Å². The van der Waals surface area contributed by atoms with Crippen molar-refractivity contribution in [3.63, 3.8) is 0 Å². The smallest absolute Gasteiger partial charge is 0.337 e. The van der Waals surface area contributed by atoms with E-state index in [2.05, 4.69) is 10.6 Å². The number of carbonyl (C=O) groups is 3. The molecule has 3 atom stereocenters. The molecule has 3 N–H and O–H groups in total. The molecule has 2 amide bonds. The Labute approximate surface area is 201 Å². The molecule has 0 radical (unpaired) electrons. The first-order valence-electron chi connectivity index (χ1n) is 12.4. The third-order valence-electron chi connectivity index (χ3n) is 6.16. The second-order valence-corrected chi connectivity index (χ2v) is 9.61. The number of rotatable bonds is 12. The molecule has 0 bridgehead atoms. The Morgan fingerprint density at radius 1 is 1.15 bits per heavy atom. The van der Waals surface area contributed by atoms with Crippen molar-refractivity contribution in [1.29, 1.82) is 0 Å². The molecule has 1 aromatic carbocycles. The van der Waals surface area contributed by atoms with E-state index < -0.39 is 41.8 Å². The fourth-order valence-electron chi connectivity index (χ4n) is 4.50. The lowest BCUT2D eigenvalue weighted by atomic mass is 9.83. The van der Waals surface area contributed by atoms with Gasteiger partial charge in [0.25, 0.3) is 0 Å². The molecule has 1 aliphatic rings. The van der Waals surface area contributed by atoms with Crippen LogP contribution >= 0.6 is 0 Å². The minimum atomic E-state index is -1.48. The van der Waals surface area contributed by atoms with Gasteiger partial charge in [-0.2, -0.15) is 0 Å². The fourth-order valence-corrected chi connectivity index (χ4v) is 4.50. The van der Waals surface area contributed by atoms with Crippen LogP contribution in [0.2, 0.25) is 0 Å². The van der Waals surface area contributed by atoms with Gasteiger partial charge in [-0.3, -0.25) is 9.59 Å². The van der Waals surface area contributed by atoms with Gasteiger partial charge in [0.15, 0.2) is 6.10 Å². The lowest BCUT2D eigenvalue weighted by Crippen LogP contribution is -2.55. The summed E-state index contributed by atoms with van der Waals surface area (Å²) in [6.07, 6.45) is 4.64. The van der Waals surface area contributed by atoms with Crippen LogP contribution in [0.1, 0.15) is 71.3 Å². The van der Waals surface area contributed by atoms with Crippen LogP contribution in [0.3, 0.4) is 0 Å². The van der Waals surface area contributed by atoms with Crippen molar-refractivity contribution in [3.05, 3.63) is 35.6 Å². The number of aliphatic hydroxyl groups is 1. The lowest BCUT2D eigenvalue weighted by Gasteiger charge is -2.31. The molecule has 0 unspecified atom stereocenters. The Bertz CT molecular complexity index is 810. The first kappa shape index (κ1) is 27.8. The zero-order valence-corrected chi connectivity index (χ0v) is 20.5. The van der Waals surface area contributed by atoms with Crippen LogP contribution < -0.4 is 10.6 Å². The van der Waals surface area contributed by atoms with Crippen molar-refractivity contribution in [3.8, 4) is 0 Å². The molecule has 0 saturated heterocycles. The maximum atomic E-state index is 13.5. The minimum absolute atomic E-state index is 0.0589. The molecular formula is C26H39FN2O5. The number of carbonyl (C=O) groups excluding carboxylic acids is 3. The van der Waals surface area contributed by atoms with Gasteiger partial charge in [-0.25, -0.2) is 9.18 Å². The first-order chi connectivity index (χ1) is 16.2. The van der Waals surface area contributed by atoms with Crippen molar-refractivity contribution in [2.75, 3.05) is 6.61 Å². The van der Waals surface area contributed by atoms with Crippen molar-refractivity contribution in [1.82, 2.24) is 10.6 Å². The van der Waals surface area contributed by atoms with Crippen LogP contribution in [0.4, 0.5) is 4.39 Å². The van der Waals surface area contributed by atoms with Crippen LogP contribution in [-0.2, 0) is 25.5 Å². The van der Waals surface area contributed by atoms with Gasteiger partial charge >= 0.3 is 5.97 Å². The van der Waals surface area contributed by atoms with E-state index in [1.807, 2.05) is 13.8 Å². The summed E-state index contributed by atoms with van der Waals surface area (Å²) in [4.78, 5) is 38.1. The van der Waals surface area contributed by atoms with Crippen molar-refractivity contribution in [2.45, 2.75) is 90.3 Å². The normalized spacial score (nSPS) is 17.0. The number of benzene rings is 1. The number of hydrogen-bond donors (Lipinski definition) is 3. The molecule has 1 saturated carbocycles. The topological polar surface area (TPSA) is 105 Å². The van der Waals surface area contributed by atoms with Gasteiger partial charge in [-0.05, 0) is 49.3 Å². The van der Waals surface area contributed by atoms with Crippen LogP contribution in [0.5, 0.6) is 0 Å². The third kappa shape index (κ3) is 9.41. The molecule has 1 aliphatic carbocycles. The Hall–Kier alpha value is -2.48. The van der Waals surface area contributed by atoms with E-state index in [1.54, 1.807) is 13.0 Å². The summed E-state index contributed by atoms with van der Waals surface area (Å²) in [6.45, 7) is 5.66. The second-order valence-electron chi connectivity index (χ2n) is 9.61. The molecular weight excluding hydrogens is 439 g/mol. The molecule has 2 rings (SSSR count). The Morgan fingerprint density at radius 2 is 1.85 bits per heavy atom. The number of esters is 1. The molecule has 1 aromatic rings. The van der Waals surface area contributed by atoms with Gasteiger partial charge in [0, 0.05) is 0 Å². The quantitative estimate of drug-likeness (QED) is 0.400. The zero-order chi connectivity index (χ0) is 25.1. The van der Waals surface area contributed by atoms with Crippen LogP contribution in [0, 0.1) is 17.7 Å². The Morgan fingerprint density at radius 3 is 2.47 bits per heavy atom. The molecule has 0 heterocycles. The predicted octanol–water partition coefficient (Wildman–Crippen LogP) is 3.28. The lowest BCUT2D eigenvalue weighted by molar-refractivity contribution is -0.155. The molecule has 0 spiro atoms. The monoisotopic (exact) mass is 478 g/mol. The maximum Gasteiger partial charge on any atom is 0.337 e. The van der Waals surface area contributed by atoms with E-state index in [0.717, 1.165) is 25.7 Å². The van der Waals surface area contributed by atoms with Crippen LogP contribution in [0.25, 0.3) is 0 Å². The van der Waals surface area contributed by atoms with Gasteiger partial charge in [0.1, 0.15) is 11.9 Å². The molecule has 8 heteroatoms. The van der Waals surface area contributed by atoms with E-state index in [0.29, 0.717) is 24.3 Å².